The predicted molar refractivity (Wildman–Crippen MR) is 83.4 cm³/mol. The van der Waals surface area contributed by atoms with Crippen LogP contribution in [0.2, 0.25) is 0 Å². The van der Waals surface area contributed by atoms with Crippen molar-refractivity contribution in [3.63, 3.8) is 0 Å². The Kier molecular flexibility index (Phi) is 6.06. The maximum absolute atomic E-state index is 12.3. The predicted octanol–water partition coefficient (Wildman–Crippen LogP) is 3.51. The highest BCUT2D eigenvalue weighted by Gasteiger charge is 2.35. The van der Waals surface area contributed by atoms with E-state index < -0.39 is 0 Å². The topological polar surface area (TPSA) is 49.3 Å². The summed E-state index contributed by atoms with van der Waals surface area (Å²) in [5, 5.41) is 12.9. The van der Waals surface area contributed by atoms with Gasteiger partial charge in [-0.05, 0) is 36.5 Å². The van der Waals surface area contributed by atoms with Crippen LogP contribution in [0, 0.1) is 17.3 Å². The van der Waals surface area contributed by atoms with E-state index in [0.717, 1.165) is 25.7 Å². The third-order valence-electron chi connectivity index (χ3n) is 4.29. The van der Waals surface area contributed by atoms with Crippen LogP contribution in [-0.4, -0.2) is 23.2 Å². The van der Waals surface area contributed by atoms with Gasteiger partial charge in [0.15, 0.2) is 0 Å². The Morgan fingerprint density at radius 1 is 1.45 bits per heavy atom. The van der Waals surface area contributed by atoms with Crippen molar-refractivity contribution in [1.82, 2.24) is 5.32 Å². The van der Waals surface area contributed by atoms with E-state index in [1.807, 2.05) is 0 Å². The fourth-order valence-electron chi connectivity index (χ4n) is 3.74. The van der Waals surface area contributed by atoms with E-state index in [1.54, 1.807) is 0 Å². The van der Waals surface area contributed by atoms with Crippen molar-refractivity contribution in [1.29, 1.82) is 0 Å². The highest BCUT2D eigenvalue weighted by molar-refractivity contribution is 5.77. The van der Waals surface area contributed by atoms with Crippen LogP contribution < -0.4 is 5.32 Å². The summed E-state index contributed by atoms with van der Waals surface area (Å²) in [5.74, 6) is 1.07. The van der Waals surface area contributed by atoms with Gasteiger partial charge in [-0.25, -0.2) is 0 Å². The molecule has 3 nitrogen and oxygen atoms in total. The molecule has 0 spiro atoms. The fourth-order valence-corrected chi connectivity index (χ4v) is 3.74. The van der Waals surface area contributed by atoms with Crippen molar-refractivity contribution < 1.29 is 9.90 Å². The summed E-state index contributed by atoms with van der Waals surface area (Å²) in [6, 6.07) is 0. The van der Waals surface area contributed by atoms with Crippen LogP contribution in [0.1, 0.15) is 73.1 Å². The molecule has 2 N–H and O–H groups in total. The van der Waals surface area contributed by atoms with Gasteiger partial charge in [0.05, 0.1) is 12.1 Å². The van der Waals surface area contributed by atoms with Gasteiger partial charge in [-0.3, -0.25) is 4.79 Å². The highest BCUT2D eigenvalue weighted by Crippen LogP contribution is 2.32. The number of nitrogens with one attached hydrogen (secondary N) is 1. The molecular weight excluding hydrogens is 250 g/mol. The molecule has 0 bridgehead atoms. The lowest BCUT2D eigenvalue weighted by Crippen LogP contribution is -2.54. The van der Waals surface area contributed by atoms with Gasteiger partial charge in [0.2, 0.25) is 5.91 Å². The Labute approximate surface area is 124 Å². The van der Waals surface area contributed by atoms with Crippen molar-refractivity contribution in [3.8, 4) is 0 Å². The Morgan fingerprint density at radius 2 is 2.10 bits per heavy atom. The first-order chi connectivity index (χ1) is 9.16. The van der Waals surface area contributed by atoms with Gasteiger partial charge in [0.1, 0.15) is 0 Å². The van der Waals surface area contributed by atoms with Crippen LogP contribution in [-0.2, 0) is 4.79 Å². The molecule has 0 saturated heterocycles. The molecule has 20 heavy (non-hydrogen) atoms. The van der Waals surface area contributed by atoms with E-state index in [2.05, 4.69) is 39.9 Å². The monoisotopic (exact) mass is 283 g/mol. The van der Waals surface area contributed by atoms with Gasteiger partial charge in [-0.15, -0.1) is 0 Å². The lowest BCUT2D eigenvalue weighted by Gasteiger charge is -2.39. The summed E-state index contributed by atoms with van der Waals surface area (Å²) in [5.41, 5.74) is -0.107. The highest BCUT2D eigenvalue weighted by atomic mass is 16.3. The maximum Gasteiger partial charge on any atom is 0.220 e. The molecule has 1 saturated carbocycles. The molecule has 0 heterocycles. The molecular formula is C17H33NO2. The smallest absolute Gasteiger partial charge is 0.220 e. The molecule has 0 aromatic carbocycles. The van der Waals surface area contributed by atoms with Crippen molar-refractivity contribution >= 4 is 5.91 Å². The van der Waals surface area contributed by atoms with E-state index in [0.29, 0.717) is 18.3 Å². The summed E-state index contributed by atoms with van der Waals surface area (Å²) in [6.07, 6.45) is 5.73. The van der Waals surface area contributed by atoms with Crippen molar-refractivity contribution in [2.75, 3.05) is 6.61 Å². The lowest BCUT2D eigenvalue weighted by molar-refractivity contribution is -0.125. The number of carbonyl (C=O) groups is 1. The molecule has 3 heteroatoms. The number of aliphatic hydroxyl groups excluding tert-OH is 1. The number of rotatable bonds is 5. The largest absolute Gasteiger partial charge is 0.394 e. The Balaban J connectivity index is 2.51. The number of aliphatic hydroxyl groups is 1. The SMILES string of the molecule is CC(CC(=O)NC1(CO)CCCC(C)C1)CC(C)(C)C. The molecule has 1 fully saturated rings. The molecule has 1 aliphatic rings. The van der Waals surface area contributed by atoms with E-state index in [9.17, 15) is 9.90 Å². The second kappa shape index (κ2) is 6.93. The summed E-state index contributed by atoms with van der Waals surface area (Å²) in [6.45, 7) is 11.0. The average molecular weight is 283 g/mol. The molecule has 118 valence electrons. The minimum absolute atomic E-state index is 0.0662. The minimum atomic E-state index is -0.365. The second-order valence-electron chi connectivity index (χ2n) is 8.26. The first-order valence-electron chi connectivity index (χ1n) is 8.08. The molecule has 0 radical (unpaired) electrons. The van der Waals surface area contributed by atoms with E-state index in [-0.39, 0.29) is 23.5 Å². The quantitative estimate of drug-likeness (QED) is 0.811. The summed E-state index contributed by atoms with van der Waals surface area (Å²) < 4.78 is 0. The first-order valence-corrected chi connectivity index (χ1v) is 8.08. The Morgan fingerprint density at radius 3 is 2.60 bits per heavy atom. The maximum atomic E-state index is 12.3. The summed E-state index contributed by atoms with van der Waals surface area (Å²) in [4.78, 5) is 12.3. The lowest BCUT2D eigenvalue weighted by atomic mass is 9.76. The first kappa shape index (κ1) is 17.5. The van der Waals surface area contributed by atoms with E-state index in [4.69, 9.17) is 0 Å². The molecule has 1 aliphatic carbocycles. The Hall–Kier alpha value is -0.570. The van der Waals surface area contributed by atoms with E-state index >= 15 is 0 Å². The molecule has 0 aliphatic heterocycles. The van der Waals surface area contributed by atoms with Crippen LogP contribution >= 0.6 is 0 Å². The van der Waals surface area contributed by atoms with Gasteiger partial charge >= 0.3 is 0 Å². The van der Waals surface area contributed by atoms with Crippen LogP contribution in [0.15, 0.2) is 0 Å². The van der Waals surface area contributed by atoms with Gasteiger partial charge in [0.25, 0.3) is 0 Å². The zero-order valence-corrected chi connectivity index (χ0v) is 14.0. The van der Waals surface area contributed by atoms with Crippen LogP contribution in [0.4, 0.5) is 0 Å². The second-order valence-corrected chi connectivity index (χ2v) is 8.26. The third kappa shape index (κ3) is 5.82. The zero-order chi connectivity index (χ0) is 15.4. The molecule has 1 amide bonds. The van der Waals surface area contributed by atoms with Crippen molar-refractivity contribution in [2.24, 2.45) is 17.3 Å². The standard InChI is InChI=1S/C17H33NO2/c1-13-7-6-8-17(11-13,12-19)18-15(20)9-14(2)10-16(3,4)5/h13-14,19H,6-12H2,1-5H3,(H,18,20). The summed E-state index contributed by atoms with van der Waals surface area (Å²) >= 11 is 0. The third-order valence-corrected chi connectivity index (χ3v) is 4.29. The van der Waals surface area contributed by atoms with Crippen LogP contribution in [0.3, 0.4) is 0 Å². The fraction of sp³-hybridized carbons (Fsp3) is 0.941. The molecule has 0 aromatic heterocycles. The number of carbonyl (C=O) groups excluding carboxylic acids is 1. The zero-order valence-electron chi connectivity index (χ0n) is 14.0. The number of hydrogen-bond donors (Lipinski definition) is 2. The average Bonchev–Trinajstić information content (AvgIpc) is 2.25. The molecule has 3 atom stereocenters. The normalized spacial score (nSPS) is 29.0. The molecule has 0 aromatic rings. The van der Waals surface area contributed by atoms with Crippen LogP contribution in [0.5, 0.6) is 0 Å². The van der Waals surface area contributed by atoms with Gasteiger partial charge in [-0.1, -0.05) is 47.5 Å². The van der Waals surface area contributed by atoms with Gasteiger partial charge < -0.3 is 10.4 Å². The van der Waals surface area contributed by atoms with E-state index in [1.165, 1.54) is 6.42 Å². The molecule has 1 rings (SSSR count). The Bertz CT molecular complexity index is 321. The number of hydrogen-bond acceptors (Lipinski definition) is 2. The van der Waals surface area contributed by atoms with Crippen molar-refractivity contribution in [3.05, 3.63) is 0 Å². The molecule has 3 unspecified atom stereocenters. The van der Waals surface area contributed by atoms with Crippen LogP contribution in [0.25, 0.3) is 0 Å². The minimum Gasteiger partial charge on any atom is -0.394 e. The van der Waals surface area contributed by atoms with Gasteiger partial charge in [-0.2, -0.15) is 0 Å². The van der Waals surface area contributed by atoms with Crippen molar-refractivity contribution in [2.45, 2.75) is 78.7 Å². The number of amides is 1. The summed E-state index contributed by atoms with van der Waals surface area (Å²) in [7, 11) is 0. The van der Waals surface area contributed by atoms with Gasteiger partial charge in [0, 0.05) is 6.42 Å².